The Labute approximate surface area is 235 Å². The van der Waals surface area contributed by atoms with E-state index in [1.165, 1.54) is 12.1 Å². The van der Waals surface area contributed by atoms with Crippen molar-refractivity contribution in [2.24, 2.45) is 16.6 Å². The lowest BCUT2D eigenvalue weighted by molar-refractivity contribution is 0.0641. The van der Waals surface area contributed by atoms with Crippen LogP contribution in [0.5, 0.6) is 11.5 Å². The zero-order chi connectivity index (χ0) is 29.5. The number of phenolic OH excluding ortho intramolecular Hbond substituents is 2. The molecule has 3 aromatic carbocycles. The van der Waals surface area contributed by atoms with Crippen LogP contribution >= 0.6 is 0 Å². The highest BCUT2D eigenvalue weighted by atomic mass is 32.2. The molecular weight excluding hydrogens is 548 g/mol. The fraction of sp³-hybridized carbons (Fsp3) is 0.222. The van der Waals surface area contributed by atoms with Gasteiger partial charge in [0.1, 0.15) is 23.2 Å². The van der Waals surface area contributed by atoms with Crippen molar-refractivity contribution >= 4 is 32.8 Å². The zero-order valence-electron chi connectivity index (χ0n) is 22.0. The number of benzene rings is 3. The number of sulfonamides is 1. The van der Waals surface area contributed by atoms with Gasteiger partial charge in [-0.2, -0.15) is 0 Å². The molecule has 1 saturated heterocycles. The number of aromatic amines is 1. The maximum absolute atomic E-state index is 13.7. The lowest BCUT2D eigenvalue weighted by Gasteiger charge is -2.34. The maximum atomic E-state index is 13.7. The predicted octanol–water partition coefficient (Wildman–Crippen LogP) is 0.956. The van der Waals surface area contributed by atoms with E-state index in [0.29, 0.717) is 49.3 Å². The van der Waals surface area contributed by atoms with Gasteiger partial charge in [0, 0.05) is 61.5 Å². The van der Waals surface area contributed by atoms with E-state index in [4.69, 9.17) is 22.0 Å². The van der Waals surface area contributed by atoms with Crippen molar-refractivity contribution in [3.05, 3.63) is 59.7 Å². The predicted molar refractivity (Wildman–Crippen MR) is 154 cm³/mol. The Morgan fingerprint density at radius 3 is 2.34 bits per heavy atom. The van der Waals surface area contributed by atoms with Gasteiger partial charge in [0.25, 0.3) is 5.91 Å². The number of carbonyl (C=O) groups is 1. The SMILES string of the molecule is N=C(N)c1ccc2[nH]c(-c3cc(C(=O)N4CCN(CCN)CC4)cc(-c4cc(S(N)(=O)=O)ccc4O)c3O)nc2c1. The molecule has 2 heterocycles. The molecule has 1 aliphatic rings. The monoisotopic (exact) mass is 578 g/mol. The molecule has 0 aliphatic carbocycles. The molecule has 1 aromatic heterocycles. The number of nitrogens with one attached hydrogen (secondary N) is 2. The second-order valence-corrected chi connectivity index (χ2v) is 11.4. The van der Waals surface area contributed by atoms with E-state index in [2.05, 4.69) is 14.9 Å². The van der Waals surface area contributed by atoms with Gasteiger partial charge in [-0.3, -0.25) is 15.1 Å². The summed E-state index contributed by atoms with van der Waals surface area (Å²) in [6.07, 6.45) is 0. The summed E-state index contributed by atoms with van der Waals surface area (Å²) in [6.45, 7) is 3.49. The van der Waals surface area contributed by atoms with Crippen LogP contribution < -0.4 is 16.6 Å². The minimum atomic E-state index is -4.13. The van der Waals surface area contributed by atoms with Crippen LogP contribution in [0.15, 0.2) is 53.4 Å². The Kier molecular flexibility index (Phi) is 7.40. The summed E-state index contributed by atoms with van der Waals surface area (Å²) in [5.74, 6) is -0.900. The van der Waals surface area contributed by atoms with Crippen molar-refractivity contribution in [3.8, 4) is 34.0 Å². The van der Waals surface area contributed by atoms with Crippen LogP contribution in [0.2, 0.25) is 0 Å². The van der Waals surface area contributed by atoms with Gasteiger partial charge in [-0.1, -0.05) is 0 Å². The summed E-state index contributed by atoms with van der Waals surface area (Å²) in [4.78, 5) is 24.9. The molecule has 4 aromatic rings. The summed E-state index contributed by atoms with van der Waals surface area (Å²) in [5.41, 5.74) is 13.1. The smallest absolute Gasteiger partial charge is 0.253 e. The van der Waals surface area contributed by atoms with Gasteiger partial charge in [0.2, 0.25) is 10.0 Å². The van der Waals surface area contributed by atoms with Gasteiger partial charge in [-0.25, -0.2) is 18.5 Å². The molecule has 41 heavy (non-hydrogen) atoms. The van der Waals surface area contributed by atoms with Gasteiger partial charge < -0.3 is 31.6 Å². The number of imidazole rings is 1. The van der Waals surface area contributed by atoms with Crippen molar-refractivity contribution in [2.45, 2.75) is 4.90 Å². The van der Waals surface area contributed by atoms with E-state index in [9.17, 15) is 23.4 Å². The number of nitrogens with zero attached hydrogens (tertiary/aromatic N) is 3. The van der Waals surface area contributed by atoms with E-state index in [1.54, 1.807) is 23.1 Å². The standard InChI is InChI=1S/C27H30N8O5S/c28-5-6-34-7-9-35(10-8-34)27(38)16-11-19(18-14-17(41(31,39)40)2-4-23(18)36)24(37)20(12-16)26-32-21-3-1-15(25(29)30)13-22(21)33-26/h1-4,11-14,36-37H,5-10,28H2,(H3,29,30)(H,32,33)(H2,31,39,40). The van der Waals surface area contributed by atoms with Gasteiger partial charge >= 0.3 is 0 Å². The van der Waals surface area contributed by atoms with E-state index < -0.39 is 10.0 Å². The first-order valence-corrected chi connectivity index (χ1v) is 14.3. The molecule has 1 fully saturated rings. The average Bonchev–Trinajstić information content (AvgIpc) is 3.36. The minimum Gasteiger partial charge on any atom is -0.507 e. The van der Waals surface area contributed by atoms with Crippen molar-refractivity contribution in [2.75, 3.05) is 39.3 Å². The molecule has 1 amide bonds. The number of aromatic hydroxyl groups is 2. The molecule has 0 radical (unpaired) electrons. The van der Waals surface area contributed by atoms with Crippen molar-refractivity contribution in [3.63, 3.8) is 0 Å². The largest absolute Gasteiger partial charge is 0.507 e. The van der Waals surface area contributed by atoms with E-state index in [0.717, 1.165) is 24.7 Å². The molecule has 13 nitrogen and oxygen atoms in total. The summed E-state index contributed by atoms with van der Waals surface area (Å²) in [7, 11) is -4.13. The second-order valence-electron chi connectivity index (χ2n) is 9.80. The summed E-state index contributed by atoms with van der Waals surface area (Å²) >= 11 is 0. The molecule has 0 bridgehead atoms. The number of primary sulfonamides is 1. The van der Waals surface area contributed by atoms with Gasteiger partial charge in [0.05, 0.1) is 21.5 Å². The molecule has 10 N–H and O–H groups in total. The molecule has 14 heteroatoms. The third kappa shape index (κ3) is 5.58. The summed E-state index contributed by atoms with van der Waals surface area (Å²) < 4.78 is 24.1. The molecule has 0 saturated carbocycles. The number of H-pyrrole nitrogens is 1. The average molecular weight is 579 g/mol. The fourth-order valence-electron chi connectivity index (χ4n) is 4.89. The first kappa shape index (κ1) is 28.0. The molecule has 5 rings (SSSR count). The van der Waals surface area contributed by atoms with Crippen molar-refractivity contribution in [1.29, 1.82) is 5.41 Å². The fourth-order valence-corrected chi connectivity index (χ4v) is 5.43. The Morgan fingerprint density at radius 2 is 1.68 bits per heavy atom. The number of nitrogen functional groups attached to an aromatic ring is 1. The van der Waals surface area contributed by atoms with E-state index >= 15 is 0 Å². The van der Waals surface area contributed by atoms with Crippen molar-refractivity contribution in [1.82, 2.24) is 19.8 Å². The van der Waals surface area contributed by atoms with Crippen molar-refractivity contribution < 1.29 is 23.4 Å². The number of nitrogens with two attached hydrogens (primary N) is 3. The lowest BCUT2D eigenvalue weighted by Crippen LogP contribution is -2.49. The first-order chi connectivity index (χ1) is 19.5. The molecule has 1 aliphatic heterocycles. The highest BCUT2D eigenvalue weighted by Crippen LogP contribution is 2.43. The third-order valence-electron chi connectivity index (χ3n) is 7.10. The topological polar surface area (TPSA) is 229 Å². The van der Waals surface area contributed by atoms with Crippen LogP contribution in [0.4, 0.5) is 0 Å². The Morgan fingerprint density at radius 1 is 0.976 bits per heavy atom. The number of amidine groups is 1. The molecular formula is C27H30N8O5S. The van der Waals surface area contributed by atoms with Crippen LogP contribution in [0.1, 0.15) is 15.9 Å². The van der Waals surface area contributed by atoms with Crippen LogP contribution in [0, 0.1) is 5.41 Å². The molecule has 214 valence electrons. The molecule has 0 spiro atoms. The number of hydrogen-bond acceptors (Lipinski definition) is 9. The van der Waals surface area contributed by atoms with Crippen LogP contribution in [0.25, 0.3) is 33.5 Å². The van der Waals surface area contributed by atoms with Gasteiger partial charge in [-0.15, -0.1) is 0 Å². The lowest BCUT2D eigenvalue weighted by atomic mass is 9.96. The molecule has 0 unspecified atom stereocenters. The van der Waals surface area contributed by atoms with Gasteiger partial charge in [-0.05, 0) is 48.5 Å². The Balaban J connectivity index is 1.66. The second kappa shape index (κ2) is 10.8. The van der Waals surface area contributed by atoms with E-state index in [1.807, 2.05) is 0 Å². The highest BCUT2D eigenvalue weighted by molar-refractivity contribution is 7.89. The highest BCUT2D eigenvalue weighted by Gasteiger charge is 2.26. The first-order valence-electron chi connectivity index (χ1n) is 12.8. The summed E-state index contributed by atoms with van der Waals surface area (Å²) in [6, 6.07) is 11.3. The Bertz CT molecular complexity index is 1780. The normalized spacial score (nSPS) is 14.4. The number of phenols is 2. The number of rotatable bonds is 7. The number of hydrogen-bond donors (Lipinski definition) is 7. The number of fused-ring (bicyclic) bond motifs is 1. The maximum Gasteiger partial charge on any atom is 0.253 e. The third-order valence-corrected chi connectivity index (χ3v) is 8.01. The van der Waals surface area contributed by atoms with Crippen LogP contribution in [-0.4, -0.2) is 89.4 Å². The number of aromatic nitrogens is 2. The number of carbonyl (C=O) groups excluding carboxylic acids is 1. The minimum absolute atomic E-state index is 0.0144. The number of piperazine rings is 1. The quantitative estimate of drug-likeness (QED) is 0.122. The zero-order valence-corrected chi connectivity index (χ0v) is 22.8. The van der Waals surface area contributed by atoms with Crippen LogP contribution in [-0.2, 0) is 10.0 Å². The van der Waals surface area contributed by atoms with Gasteiger partial charge in [0.15, 0.2) is 0 Å². The Hall–Kier alpha value is -4.50. The van der Waals surface area contributed by atoms with E-state index in [-0.39, 0.29) is 56.2 Å². The number of amides is 1. The molecule has 0 atom stereocenters. The van der Waals surface area contributed by atoms with Crippen LogP contribution in [0.3, 0.4) is 0 Å². The summed E-state index contributed by atoms with van der Waals surface area (Å²) in [5, 5.41) is 35.1.